The van der Waals surface area contributed by atoms with Crippen molar-refractivity contribution < 1.29 is 9.53 Å². The zero-order valence-corrected chi connectivity index (χ0v) is 24.2. The molecule has 1 N–H and O–H groups in total. The Morgan fingerprint density at radius 3 is 2.76 bits per heavy atom. The fourth-order valence-electron chi connectivity index (χ4n) is 5.95. The van der Waals surface area contributed by atoms with Crippen molar-refractivity contribution in [2.45, 2.75) is 57.3 Å². The van der Waals surface area contributed by atoms with E-state index in [2.05, 4.69) is 73.6 Å². The van der Waals surface area contributed by atoms with Crippen LogP contribution in [0.25, 0.3) is 0 Å². The average molecular weight is 578 g/mol. The maximum atomic E-state index is 12.6. The second-order valence-electron chi connectivity index (χ2n) is 11.0. The molecule has 200 valence electrons. The SMILES string of the molecule is COCCN1CCCC(c2ccc(Nc3ncc(Br)c(CCc4cccc5c4C(C)(C)C(=O)C5)n3)cc2)C1. The number of fused-ring (bicyclic) bond motifs is 1. The molecule has 2 heterocycles. The van der Waals surface area contributed by atoms with Crippen LogP contribution in [0.4, 0.5) is 11.6 Å². The summed E-state index contributed by atoms with van der Waals surface area (Å²) in [4.78, 5) is 24.4. The number of hydrogen-bond donors (Lipinski definition) is 1. The van der Waals surface area contributed by atoms with Gasteiger partial charge in [-0.15, -0.1) is 0 Å². The van der Waals surface area contributed by atoms with Crippen LogP contribution < -0.4 is 5.32 Å². The van der Waals surface area contributed by atoms with Gasteiger partial charge in [0.25, 0.3) is 0 Å². The van der Waals surface area contributed by atoms with Crippen LogP contribution in [0.2, 0.25) is 0 Å². The van der Waals surface area contributed by atoms with Gasteiger partial charge in [-0.2, -0.15) is 0 Å². The van der Waals surface area contributed by atoms with Crippen molar-refractivity contribution in [3.05, 3.63) is 81.1 Å². The van der Waals surface area contributed by atoms with E-state index in [0.29, 0.717) is 24.1 Å². The van der Waals surface area contributed by atoms with Crippen molar-refractivity contribution in [1.82, 2.24) is 14.9 Å². The van der Waals surface area contributed by atoms with Gasteiger partial charge in [-0.1, -0.05) is 30.3 Å². The number of aromatic nitrogens is 2. The van der Waals surface area contributed by atoms with Crippen LogP contribution in [0.3, 0.4) is 0 Å². The summed E-state index contributed by atoms with van der Waals surface area (Å²) in [5, 5.41) is 3.38. The molecule has 0 saturated carbocycles. The molecule has 38 heavy (non-hydrogen) atoms. The molecule has 5 rings (SSSR count). The molecular formula is C31H37BrN4O2. The molecule has 0 spiro atoms. The molecule has 1 atom stereocenters. The molecule has 1 aliphatic heterocycles. The number of rotatable bonds is 9. The monoisotopic (exact) mass is 576 g/mol. The number of likely N-dealkylation sites (tertiary alicyclic amines) is 1. The Morgan fingerprint density at radius 1 is 1.16 bits per heavy atom. The number of piperidine rings is 1. The van der Waals surface area contributed by atoms with E-state index in [-0.39, 0.29) is 0 Å². The van der Waals surface area contributed by atoms with Gasteiger partial charge in [-0.25, -0.2) is 9.97 Å². The third kappa shape index (κ3) is 5.85. The summed E-state index contributed by atoms with van der Waals surface area (Å²) in [5.41, 5.74) is 6.50. The second-order valence-corrected chi connectivity index (χ2v) is 11.9. The van der Waals surface area contributed by atoms with Gasteiger partial charge in [0.15, 0.2) is 0 Å². The summed E-state index contributed by atoms with van der Waals surface area (Å²) in [6.07, 6.45) is 6.39. The lowest BCUT2D eigenvalue weighted by atomic mass is 9.82. The number of ketones is 1. The Balaban J connectivity index is 1.24. The van der Waals surface area contributed by atoms with Gasteiger partial charge in [0.2, 0.25) is 5.95 Å². The normalized spacial score (nSPS) is 18.9. The van der Waals surface area contributed by atoms with Crippen molar-refractivity contribution in [2.75, 3.05) is 38.7 Å². The van der Waals surface area contributed by atoms with E-state index in [4.69, 9.17) is 9.72 Å². The lowest BCUT2D eigenvalue weighted by Gasteiger charge is -2.32. The summed E-state index contributed by atoms with van der Waals surface area (Å²) < 4.78 is 6.16. The largest absolute Gasteiger partial charge is 0.383 e. The highest BCUT2D eigenvalue weighted by atomic mass is 79.9. The molecular weight excluding hydrogens is 540 g/mol. The van der Waals surface area contributed by atoms with E-state index in [1.165, 1.54) is 35.1 Å². The van der Waals surface area contributed by atoms with Crippen molar-refractivity contribution in [3.63, 3.8) is 0 Å². The van der Waals surface area contributed by atoms with Crippen LogP contribution in [0.15, 0.2) is 53.1 Å². The van der Waals surface area contributed by atoms with Gasteiger partial charge < -0.3 is 15.0 Å². The van der Waals surface area contributed by atoms with E-state index in [9.17, 15) is 4.79 Å². The maximum Gasteiger partial charge on any atom is 0.227 e. The number of benzene rings is 2. The standard InChI is InChI=1S/C31H37BrN4O2/c1-31(2)28(37)18-23-7-4-6-22(29(23)31)11-14-27-26(32)19-33-30(35-27)34-25-12-9-21(10-13-25)24-8-5-15-36(20-24)16-17-38-3/h4,6-7,9-10,12-13,19,24H,5,8,11,14-18,20H2,1-3H3,(H,33,34,35). The number of Topliss-reactive ketones (excluding diaryl/α,β-unsaturated/α-hetero) is 1. The lowest BCUT2D eigenvalue weighted by molar-refractivity contribution is -0.121. The molecule has 1 fully saturated rings. The summed E-state index contributed by atoms with van der Waals surface area (Å²) in [5.74, 6) is 1.45. The van der Waals surface area contributed by atoms with Crippen LogP contribution in [0.1, 0.15) is 60.6 Å². The minimum atomic E-state index is -0.423. The molecule has 1 saturated heterocycles. The molecule has 7 heteroatoms. The van der Waals surface area contributed by atoms with Crippen molar-refractivity contribution in [3.8, 4) is 0 Å². The predicted molar refractivity (Wildman–Crippen MR) is 155 cm³/mol. The van der Waals surface area contributed by atoms with Crippen LogP contribution in [-0.4, -0.2) is 54.0 Å². The minimum Gasteiger partial charge on any atom is -0.383 e. The second kappa shape index (κ2) is 11.6. The van der Waals surface area contributed by atoms with Gasteiger partial charge in [-0.3, -0.25) is 4.79 Å². The first-order valence-corrected chi connectivity index (χ1v) is 14.4. The first-order chi connectivity index (χ1) is 18.3. The highest BCUT2D eigenvalue weighted by Crippen LogP contribution is 2.38. The number of nitrogens with one attached hydrogen (secondary N) is 1. The Bertz CT molecular complexity index is 1290. The van der Waals surface area contributed by atoms with Crippen molar-refractivity contribution in [1.29, 1.82) is 0 Å². The van der Waals surface area contributed by atoms with Crippen LogP contribution in [0.5, 0.6) is 0 Å². The van der Waals surface area contributed by atoms with Crippen molar-refractivity contribution in [2.24, 2.45) is 0 Å². The zero-order valence-electron chi connectivity index (χ0n) is 22.6. The third-order valence-electron chi connectivity index (χ3n) is 8.11. The zero-order chi connectivity index (χ0) is 26.7. The summed E-state index contributed by atoms with van der Waals surface area (Å²) in [6, 6.07) is 15.0. The summed E-state index contributed by atoms with van der Waals surface area (Å²) >= 11 is 3.64. The summed E-state index contributed by atoms with van der Waals surface area (Å²) in [6.45, 7) is 8.12. The predicted octanol–water partition coefficient (Wildman–Crippen LogP) is 6.00. The number of carbonyl (C=O) groups is 1. The quantitative estimate of drug-likeness (QED) is 0.337. The number of nitrogens with zero attached hydrogens (tertiary/aromatic N) is 3. The van der Waals surface area contributed by atoms with Gasteiger partial charge in [0, 0.05) is 43.9 Å². The van der Waals surface area contributed by atoms with E-state index in [0.717, 1.165) is 54.9 Å². The van der Waals surface area contributed by atoms with Crippen LogP contribution in [0, 0.1) is 0 Å². The molecule has 0 radical (unpaired) electrons. The van der Waals surface area contributed by atoms with E-state index in [1.54, 1.807) is 7.11 Å². The number of halogens is 1. The van der Waals surface area contributed by atoms with E-state index >= 15 is 0 Å². The van der Waals surface area contributed by atoms with Gasteiger partial charge >= 0.3 is 0 Å². The Kier molecular flexibility index (Phi) is 8.26. The van der Waals surface area contributed by atoms with Gasteiger partial charge in [-0.05, 0) is 102 Å². The highest BCUT2D eigenvalue weighted by Gasteiger charge is 2.39. The number of methoxy groups -OCH3 is 1. The Labute approximate surface area is 234 Å². The lowest BCUT2D eigenvalue weighted by Crippen LogP contribution is -2.36. The molecule has 3 aromatic rings. The highest BCUT2D eigenvalue weighted by molar-refractivity contribution is 9.10. The van der Waals surface area contributed by atoms with Gasteiger partial charge in [0.05, 0.1) is 16.8 Å². The maximum absolute atomic E-state index is 12.6. The molecule has 1 aliphatic carbocycles. The molecule has 2 aromatic carbocycles. The van der Waals surface area contributed by atoms with Crippen LogP contribution >= 0.6 is 15.9 Å². The fourth-order valence-corrected chi connectivity index (χ4v) is 6.34. The fraction of sp³-hybridized carbons (Fsp3) is 0.452. The third-order valence-corrected chi connectivity index (χ3v) is 8.78. The van der Waals surface area contributed by atoms with E-state index < -0.39 is 5.41 Å². The topological polar surface area (TPSA) is 67.3 Å². The number of anilines is 2. The molecule has 6 nitrogen and oxygen atoms in total. The first-order valence-electron chi connectivity index (χ1n) is 13.6. The van der Waals surface area contributed by atoms with Crippen molar-refractivity contribution >= 4 is 33.3 Å². The molecule has 2 aliphatic rings. The van der Waals surface area contributed by atoms with E-state index in [1.807, 2.05) is 20.0 Å². The average Bonchev–Trinajstić information content (AvgIpc) is 3.16. The molecule has 1 aromatic heterocycles. The van der Waals surface area contributed by atoms with Crippen LogP contribution in [-0.2, 0) is 34.2 Å². The number of hydrogen-bond acceptors (Lipinski definition) is 6. The molecule has 1 unspecified atom stereocenters. The Hall–Kier alpha value is -2.61. The number of carbonyl (C=O) groups excluding carboxylic acids is 1. The molecule has 0 bridgehead atoms. The molecule has 0 amide bonds. The Morgan fingerprint density at radius 2 is 1.97 bits per heavy atom. The smallest absolute Gasteiger partial charge is 0.227 e. The minimum absolute atomic E-state index is 0.299. The van der Waals surface area contributed by atoms with Gasteiger partial charge in [0.1, 0.15) is 5.78 Å². The number of ether oxygens (including phenoxy) is 1. The first kappa shape index (κ1) is 27.0. The summed E-state index contributed by atoms with van der Waals surface area (Å²) in [7, 11) is 1.77. The number of aryl methyl sites for hydroxylation is 2.